The number of rotatable bonds is 0. The molecule has 0 aromatic heterocycles. The lowest BCUT2D eigenvalue weighted by Crippen LogP contribution is -2.63. The fourth-order valence-corrected chi connectivity index (χ4v) is 1.81. The van der Waals surface area contributed by atoms with Crippen molar-refractivity contribution in [1.82, 2.24) is 10.4 Å². The maximum absolute atomic E-state index is 11.3. The van der Waals surface area contributed by atoms with Gasteiger partial charge in [0.15, 0.2) is 0 Å². The lowest BCUT2D eigenvalue weighted by atomic mass is 10.1. The zero-order chi connectivity index (χ0) is 7.19. The topological polar surface area (TPSA) is 64.3 Å². The molecule has 2 unspecified atom stereocenters. The number of piperazine rings is 1. The molecule has 0 aliphatic carbocycles. The first-order valence-corrected chi connectivity index (χ1v) is 3.68. The van der Waals surface area contributed by atoms with Crippen LogP contribution in [0.4, 0.5) is 0 Å². The van der Waals surface area contributed by atoms with Gasteiger partial charge in [0.2, 0.25) is 0 Å². The van der Waals surface area contributed by atoms with Gasteiger partial charge in [-0.3, -0.25) is 0 Å². The predicted molar refractivity (Wildman–Crippen MR) is 38.0 cm³/mol. The van der Waals surface area contributed by atoms with E-state index in [9.17, 15) is 5.21 Å². The van der Waals surface area contributed by atoms with E-state index in [1.807, 2.05) is 0 Å². The highest BCUT2D eigenvalue weighted by atomic mass is 16.5. The summed E-state index contributed by atoms with van der Waals surface area (Å²) in [6, 6.07) is 0.138. The molecule has 3 N–H and O–H groups in total. The summed E-state index contributed by atoms with van der Waals surface area (Å²) in [4.78, 5) is 0. The molecular formula is C6H12N3O-. The van der Waals surface area contributed by atoms with E-state index >= 15 is 0 Å². The van der Waals surface area contributed by atoms with Crippen LogP contribution in [0.2, 0.25) is 0 Å². The number of nitrogens with two attached hydrogens (primary N) is 1. The van der Waals surface area contributed by atoms with Crippen LogP contribution in [-0.2, 0) is 0 Å². The Balaban J connectivity index is 2.21. The minimum absolute atomic E-state index is 0.138. The first-order chi connectivity index (χ1) is 4.72. The summed E-state index contributed by atoms with van der Waals surface area (Å²) in [5.41, 5.74) is 5.21. The van der Waals surface area contributed by atoms with Crippen LogP contribution < -0.4 is 11.1 Å². The molecule has 4 nitrogen and oxygen atoms in total. The van der Waals surface area contributed by atoms with Crippen LogP contribution in [0, 0.1) is 5.21 Å². The molecule has 2 saturated heterocycles. The number of nitrogens with one attached hydrogen (secondary N) is 1. The first-order valence-electron chi connectivity index (χ1n) is 3.68. The van der Waals surface area contributed by atoms with Gasteiger partial charge in [-0.05, 0) is 12.8 Å². The summed E-state index contributed by atoms with van der Waals surface area (Å²) >= 11 is 0. The van der Waals surface area contributed by atoms with Crippen molar-refractivity contribution < 1.29 is 0 Å². The SMILES string of the molecule is NC12CCC(CNC1)N2[O-]. The standard InChI is InChI=1S/C6H12N3O/c7-6-2-1-5(9(6)10)3-8-4-6/h5,8H,1-4,7H2/q-1. The molecule has 4 heteroatoms. The Morgan fingerprint density at radius 1 is 1.70 bits per heavy atom. The fourth-order valence-electron chi connectivity index (χ4n) is 1.81. The van der Waals surface area contributed by atoms with E-state index in [0.29, 0.717) is 6.54 Å². The molecule has 2 atom stereocenters. The molecule has 2 bridgehead atoms. The highest BCUT2D eigenvalue weighted by molar-refractivity contribution is 5.02. The number of hydrogen-bond acceptors (Lipinski definition) is 4. The normalized spacial score (nSPS) is 48.0. The van der Waals surface area contributed by atoms with Crippen molar-refractivity contribution in [1.29, 1.82) is 0 Å². The van der Waals surface area contributed by atoms with Gasteiger partial charge in [0.1, 0.15) is 0 Å². The van der Waals surface area contributed by atoms with Gasteiger partial charge in [-0.2, -0.15) is 0 Å². The highest BCUT2D eigenvalue weighted by Crippen LogP contribution is 2.30. The van der Waals surface area contributed by atoms with Gasteiger partial charge in [0.05, 0.1) is 5.66 Å². The second-order valence-corrected chi connectivity index (χ2v) is 3.25. The van der Waals surface area contributed by atoms with E-state index in [4.69, 9.17) is 5.73 Å². The summed E-state index contributed by atoms with van der Waals surface area (Å²) < 4.78 is 0. The Hall–Kier alpha value is -0.160. The first kappa shape index (κ1) is 6.54. The second kappa shape index (κ2) is 1.92. The van der Waals surface area contributed by atoms with Gasteiger partial charge in [0.25, 0.3) is 0 Å². The van der Waals surface area contributed by atoms with Gasteiger partial charge < -0.3 is 21.3 Å². The Labute approximate surface area is 60.0 Å². The van der Waals surface area contributed by atoms with E-state index in [1.165, 1.54) is 0 Å². The van der Waals surface area contributed by atoms with Crippen molar-refractivity contribution in [2.45, 2.75) is 24.5 Å². The molecule has 2 fully saturated rings. The minimum atomic E-state index is -0.580. The molecule has 0 amide bonds. The highest BCUT2D eigenvalue weighted by Gasteiger charge is 2.40. The van der Waals surface area contributed by atoms with E-state index in [0.717, 1.165) is 24.4 Å². The second-order valence-electron chi connectivity index (χ2n) is 3.25. The number of hydroxylamine groups is 2. The van der Waals surface area contributed by atoms with Crippen LogP contribution in [0.3, 0.4) is 0 Å². The molecule has 58 valence electrons. The maximum Gasteiger partial charge on any atom is 0.0704 e. The summed E-state index contributed by atoms with van der Waals surface area (Å²) in [6.07, 6.45) is 1.79. The average Bonchev–Trinajstić information content (AvgIpc) is 2.18. The van der Waals surface area contributed by atoms with Crippen LogP contribution in [-0.4, -0.2) is 29.9 Å². The number of hydrogen-bond donors (Lipinski definition) is 2. The molecule has 0 aromatic carbocycles. The third-order valence-corrected chi connectivity index (χ3v) is 2.49. The van der Waals surface area contributed by atoms with Crippen molar-refractivity contribution in [3.05, 3.63) is 5.21 Å². The molecule has 2 heterocycles. The van der Waals surface area contributed by atoms with Crippen molar-refractivity contribution in [2.24, 2.45) is 5.73 Å². The average molecular weight is 142 g/mol. The van der Waals surface area contributed by atoms with Crippen molar-refractivity contribution in [2.75, 3.05) is 13.1 Å². The molecule has 0 saturated carbocycles. The van der Waals surface area contributed by atoms with Gasteiger partial charge in [-0.15, -0.1) is 0 Å². The summed E-state index contributed by atoms with van der Waals surface area (Å²) in [5.74, 6) is 0. The van der Waals surface area contributed by atoms with Gasteiger partial charge >= 0.3 is 0 Å². The van der Waals surface area contributed by atoms with Gasteiger partial charge in [-0.25, -0.2) is 0 Å². The Morgan fingerprint density at radius 3 is 3.10 bits per heavy atom. The van der Waals surface area contributed by atoms with Gasteiger partial charge in [-0.1, -0.05) is 0 Å². The summed E-state index contributed by atoms with van der Waals surface area (Å²) in [7, 11) is 0. The van der Waals surface area contributed by atoms with E-state index < -0.39 is 5.66 Å². The number of nitrogens with zero attached hydrogens (tertiary/aromatic N) is 1. The predicted octanol–water partition coefficient (Wildman–Crippen LogP) is -0.793. The lowest BCUT2D eigenvalue weighted by molar-refractivity contribution is 0.128. The Bertz CT molecular complexity index is 148. The molecule has 0 radical (unpaired) electrons. The van der Waals surface area contributed by atoms with Crippen molar-refractivity contribution >= 4 is 0 Å². The molecule has 10 heavy (non-hydrogen) atoms. The number of fused-ring (bicyclic) bond motifs is 2. The van der Waals surface area contributed by atoms with Crippen LogP contribution in [0.15, 0.2) is 0 Å². The van der Waals surface area contributed by atoms with Crippen LogP contribution in [0.25, 0.3) is 0 Å². The maximum atomic E-state index is 11.3. The van der Waals surface area contributed by atoms with Crippen molar-refractivity contribution in [3.63, 3.8) is 0 Å². The quantitative estimate of drug-likeness (QED) is 0.465. The smallest absolute Gasteiger partial charge is 0.0704 e. The van der Waals surface area contributed by atoms with Crippen LogP contribution >= 0.6 is 0 Å². The molecular weight excluding hydrogens is 130 g/mol. The lowest BCUT2D eigenvalue weighted by Gasteiger charge is -2.47. The van der Waals surface area contributed by atoms with Gasteiger partial charge in [0, 0.05) is 19.1 Å². The van der Waals surface area contributed by atoms with E-state index in [-0.39, 0.29) is 6.04 Å². The van der Waals surface area contributed by atoms with Crippen LogP contribution in [0.5, 0.6) is 0 Å². The zero-order valence-corrected chi connectivity index (χ0v) is 5.84. The third-order valence-electron chi connectivity index (χ3n) is 2.49. The molecule has 2 aliphatic rings. The molecule has 2 rings (SSSR count). The van der Waals surface area contributed by atoms with E-state index in [2.05, 4.69) is 5.32 Å². The third kappa shape index (κ3) is 0.703. The van der Waals surface area contributed by atoms with Crippen molar-refractivity contribution in [3.8, 4) is 0 Å². The largest absolute Gasteiger partial charge is 0.784 e. The van der Waals surface area contributed by atoms with Crippen LogP contribution in [0.1, 0.15) is 12.8 Å². The zero-order valence-electron chi connectivity index (χ0n) is 5.84. The molecule has 0 aromatic rings. The Kier molecular flexibility index (Phi) is 1.25. The molecule has 0 spiro atoms. The summed E-state index contributed by atoms with van der Waals surface area (Å²) in [6.45, 7) is 1.45. The monoisotopic (exact) mass is 142 g/mol. The minimum Gasteiger partial charge on any atom is -0.784 e. The molecule has 2 aliphatic heterocycles. The van der Waals surface area contributed by atoms with E-state index in [1.54, 1.807) is 0 Å². The summed E-state index contributed by atoms with van der Waals surface area (Å²) in [5, 5.41) is 15.5. The Morgan fingerprint density at radius 2 is 2.50 bits per heavy atom. The fraction of sp³-hybridized carbons (Fsp3) is 1.00.